The van der Waals surface area contributed by atoms with Gasteiger partial charge in [0.05, 0.1) is 24.9 Å². The van der Waals surface area contributed by atoms with Crippen molar-refractivity contribution in [2.45, 2.75) is 107 Å². The Morgan fingerprint density at radius 1 is 1.22 bits per heavy atom. The summed E-state index contributed by atoms with van der Waals surface area (Å²) in [6, 6.07) is 9.89. The van der Waals surface area contributed by atoms with Crippen molar-refractivity contribution in [1.82, 2.24) is 0 Å². The molecule has 0 unspecified atom stereocenters. The number of ketones is 1. The van der Waals surface area contributed by atoms with E-state index in [0.29, 0.717) is 19.4 Å². The molecular weight excluding hydrogens is 488 g/mol. The molecule has 1 N–H and O–H groups in total. The summed E-state index contributed by atoms with van der Waals surface area (Å²) in [6.45, 7) is 17.0. The topological polar surface area (TPSA) is 83.5 Å². The zero-order valence-corrected chi connectivity index (χ0v) is 23.9. The average Bonchev–Trinajstić information content (AvgIpc) is 2.82. The minimum atomic E-state index is -2.20. The normalized spacial score (nSPS) is 36.7. The second kappa shape index (κ2) is 10.5. The number of carbonyl (C=O) groups excluding carboxylic acids is 1. The van der Waals surface area contributed by atoms with Gasteiger partial charge in [0.2, 0.25) is 0 Å². The Bertz CT molecular complexity index is 1000. The first kappa shape index (κ1) is 28.4. The van der Waals surface area contributed by atoms with Gasteiger partial charge in [-0.25, -0.2) is 0 Å². The second-order valence-corrected chi connectivity index (χ2v) is 17.0. The average molecular weight is 531 g/mol. The van der Waals surface area contributed by atoms with Gasteiger partial charge in [0.15, 0.2) is 26.2 Å². The van der Waals surface area contributed by atoms with E-state index >= 15 is 0 Å². The molecule has 37 heavy (non-hydrogen) atoms. The van der Waals surface area contributed by atoms with Gasteiger partial charge >= 0.3 is 0 Å². The fourth-order valence-corrected chi connectivity index (χ4v) is 6.24. The van der Waals surface area contributed by atoms with Crippen molar-refractivity contribution in [3.63, 3.8) is 0 Å². The molecule has 3 heterocycles. The van der Waals surface area contributed by atoms with Crippen LogP contribution in [0.2, 0.25) is 18.1 Å². The Morgan fingerprint density at radius 3 is 2.57 bits per heavy atom. The van der Waals surface area contributed by atoms with Crippen molar-refractivity contribution in [2.24, 2.45) is 0 Å². The third-order valence-electron chi connectivity index (χ3n) is 8.14. The van der Waals surface area contributed by atoms with Crippen LogP contribution in [0.15, 0.2) is 55.1 Å². The van der Waals surface area contributed by atoms with Crippen molar-refractivity contribution in [1.29, 1.82) is 0 Å². The Labute approximate surface area is 221 Å². The Balaban J connectivity index is 1.59. The summed E-state index contributed by atoms with van der Waals surface area (Å²) >= 11 is 0. The molecule has 8 heteroatoms. The molecule has 0 bridgehead atoms. The maximum atomic E-state index is 12.3. The number of ether oxygens (including phenoxy) is 4. The summed E-state index contributed by atoms with van der Waals surface area (Å²) in [4.78, 5) is 12.3. The molecule has 0 amide bonds. The summed E-state index contributed by atoms with van der Waals surface area (Å²) in [5, 5.41) is 11.4. The molecule has 1 aromatic carbocycles. The van der Waals surface area contributed by atoms with E-state index in [-0.39, 0.29) is 29.5 Å². The molecule has 3 aliphatic heterocycles. The minimum absolute atomic E-state index is 0.0129. The number of hydrogen-bond donors (Lipinski definition) is 1. The Morgan fingerprint density at radius 2 is 1.92 bits per heavy atom. The van der Waals surface area contributed by atoms with Gasteiger partial charge in [-0.15, -0.1) is 6.58 Å². The van der Waals surface area contributed by atoms with E-state index in [1.165, 1.54) is 12.2 Å². The van der Waals surface area contributed by atoms with Crippen LogP contribution in [0.25, 0.3) is 0 Å². The molecule has 4 rings (SSSR count). The lowest BCUT2D eigenvalue weighted by Gasteiger charge is -2.54. The van der Waals surface area contributed by atoms with Gasteiger partial charge in [-0.05, 0) is 43.6 Å². The van der Waals surface area contributed by atoms with Crippen molar-refractivity contribution in [2.75, 3.05) is 6.61 Å². The molecule has 1 aromatic rings. The highest BCUT2D eigenvalue weighted by molar-refractivity contribution is 6.74. The highest BCUT2D eigenvalue weighted by atomic mass is 28.4. The molecule has 0 aliphatic carbocycles. The Hall–Kier alpha value is -1.65. The lowest BCUT2D eigenvalue weighted by atomic mass is 9.85. The van der Waals surface area contributed by atoms with Gasteiger partial charge in [-0.3, -0.25) is 4.79 Å². The third-order valence-corrected chi connectivity index (χ3v) is 12.6. The second-order valence-electron chi connectivity index (χ2n) is 12.2. The number of carbonyl (C=O) groups is 1. The van der Waals surface area contributed by atoms with Crippen LogP contribution in [0.1, 0.15) is 58.8 Å². The fourth-order valence-electron chi connectivity index (χ4n) is 4.89. The predicted molar refractivity (Wildman–Crippen MR) is 143 cm³/mol. The van der Waals surface area contributed by atoms with E-state index in [9.17, 15) is 9.90 Å². The predicted octanol–water partition coefficient (Wildman–Crippen LogP) is 5.22. The quantitative estimate of drug-likeness (QED) is 0.382. The SMILES string of the molecule is C=CC[C@H]1O[C@](O)(C[C@@H]2O[C@]3(C)CO[C@@H](c4ccccc4)O[C@H]3C[C@H]2O[Si](C)(C)C(C)(C)C)C=CC1=O. The van der Waals surface area contributed by atoms with Gasteiger partial charge in [-0.1, -0.05) is 57.2 Å². The maximum Gasteiger partial charge on any atom is 0.192 e. The molecule has 0 aromatic heterocycles. The highest BCUT2D eigenvalue weighted by Crippen LogP contribution is 2.46. The van der Waals surface area contributed by atoms with Crippen LogP contribution in [0.3, 0.4) is 0 Å². The number of rotatable bonds is 7. The molecule has 7 nitrogen and oxygen atoms in total. The largest absolute Gasteiger partial charge is 0.411 e. The van der Waals surface area contributed by atoms with Crippen molar-refractivity contribution in [3.05, 3.63) is 60.7 Å². The van der Waals surface area contributed by atoms with Crippen LogP contribution < -0.4 is 0 Å². The summed E-state index contributed by atoms with van der Waals surface area (Å²) in [7, 11) is -2.20. The molecule has 7 atom stereocenters. The Kier molecular flexibility index (Phi) is 8.04. The molecular formula is C29H42O7Si. The van der Waals surface area contributed by atoms with Gasteiger partial charge in [0.1, 0.15) is 11.7 Å². The third kappa shape index (κ3) is 6.17. The van der Waals surface area contributed by atoms with E-state index in [2.05, 4.69) is 40.4 Å². The van der Waals surface area contributed by atoms with Crippen molar-refractivity contribution in [3.8, 4) is 0 Å². The van der Waals surface area contributed by atoms with Gasteiger partial charge in [-0.2, -0.15) is 0 Å². The van der Waals surface area contributed by atoms with Crippen LogP contribution in [-0.4, -0.2) is 61.6 Å². The van der Waals surface area contributed by atoms with Crippen LogP contribution in [-0.2, 0) is 28.2 Å². The minimum Gasteiger partial charge on any atom is -0.411 e. The molecule has 0 saturated carbocycles. The van der Waals surface area contributed by atoms with E-state index in [1.807, 2.05) is 37.3 Å². The van der Waals surface area contributed by atoms with E-state index < -0.39 is 38.2 Å². The van der Waals surface area contributed by atoms with E-state index in [0.717, 1.165) is 5.56 Å². The standard InChI is InChI=1S/C29H42O7Si/c1-8-12-22-21(30)15-16-29(31,35-22)18-24-23(36-37(6,7)27(2,3)4)17-25-28(5,34-24)19-32-26(33-25)20-13-10-9-11-14-20/h8-11,13-16,22-26,31H,1,12,17-19H2,2-7H3/t22-,23-,24+,25+,26-,28-,29+/m1/s1. The first-order valence-corrected chi connectivity index (χ1v) is 16.1. The van der Waals surface area contributed by atoms with Crippen LogP contribution in [0, 0.1) is 0 Å². The summed E-state index contributed by atoms with van der Waals surface area (Å²) < 4.78 is 32.0. The lowest BCUT2D eigenvalue weighted by molar-refractivity contribution is -0.343. The zero-order valence-electron chi connectivity index (χ0n) is 22.9. The number of fused-ring (bicyclic) bond motifs is 1. The molecule has 2 fully saturated rings. The fraction of sp³-hybridized carbons (Fsp3) is 0.621. The summed E-state index contributed by atoms with van der Waals surface area (Å²) in [6.07, 6.45) is 3.14. The molecule has 0 radical (unpaired) electrons. The summed E-state index contributed by atoms with van der Waals surface area (Å²) in [5.74, 6) is -1.84. The number of benzene rings is 1. The number of aliphatic hydroxyl groups is 1. The zero-order chi connectivity index (χ0) is 27.1. The van der Waals surface area contributed by atoms with Gasteiger partial charge < -0.3 is 28.5 Å². The van der Waals surface area contributed by atoms with Gasteiger partial charge in [0, 0.05) is 18.4 Å². The molecule has 0 spiro atoms. The molecule has 3 aliphatic rings. The van der Waals surface area contributed by atoms with Gasteiger partial charge in [0.25, 0.3) is 0 Å². The molecule has 2 saturated heterocycles. The van der Waals surface area contributed by atoms with E-state index in [4.69, 9.17) is 23.4 Å². The van der Waals surface area contributed by atoms with Crippen LogP contribution >= 0.6 is 0 Å². The van der Waals surface area contributed by atoms with Crippen molar-refractivity contribution < 1.29 is 33.3 Å². The van der Waals surface area contributed by atoms with Crippen molar-refractivity contribution >= 4 is 14.1 Å². The lowest BCUT2D eigenvalue weighted by Crippen LogP contribution is -2.64. The highest BCUT2D eigenvalue weighted by Gasteiger charge is 2.54. The monoisotopic (exact) mass is 530 g/mol. The first-order chi connectivity index (χ1) is 17.3. The van der Waals surface area contributed by atoms with Crippen LogP contribution in [0.4, 0.5) is 0 Å². The summed E-state index contributed by atoms with van der Waals surface area (Å²) in [5.41, 5.74) is 0.232. The maximum absolute atomic E-state index is 12.3. The van der Waals surface area contributed by atoms with E-state index in [1.54, 1.807) is 6.08 Å². The number of hydrogen-bond acceptors (Lipinski definition) is 7. The smallest absolute Gasteiger partial charge is 0.192 e. The first-order valence-electron chi connectivity index (χ1n) is 13.2. The molecule has 204 valence electrons. The van der Waals surface area contributed by atoms with Crippen LogP contribution in [0.5, 0.6) is 0 Å².